The number of likely N-dealkylation sites (tertiary alicyclic amines) is 1. The zero-order valence-corrected chi connectivity index (χ0v) is 12.8. The number of hydrogen-bond acceptors (Lipinski definition) is 4. The molecule has 0 saturated carbocycles. The van der Waals surface area contributed by atoms with Crippen molar-refractivity contribution in [2.75, 3.05) is 30.7 Å². The van der Waals surface area contributed by atoms with Crippen molar-refractivity contribution in [3.63, 3.8) is 0 Å². The Hall–Kier alpha value is -1.60. The van der Waals surface area contributed by atoms with Gasteiger partial charge in [-0.15, -0.1) is 0 Å². The SMILES string of the molecule is CS(=O)(=O)Nc1ccc(C(=O)N2CCC(CO)CC2)cc1. The number of amides is 1. The molecular formula is C14H20N2O4S. The first-order valence-corrected chi connectivity index (χ1v) is 8.76. The van der Waals surface area contributed by atoms with Crippen LogP contribution in [0.25, 0.3) is 0 Å². The Balaban J connectivity index is 2.00. The molecule has 1 heterocycles. The van der Waals surface area contributed by atoms with Crippen LogP contribution in [0, 0.1) is 5.92 Å². The molecule has 2 rings (SSSR count). The zero-order chi connectivity index (χ0) is 15.5. The van der Waals surface area contributed by atoms with Crippen molar-refractivity contribution < 1.29 is 18.3 Å². The molecule has 1 aromatic carbocycles. The van der Waals surface area contributed by atoms with Crippen molar-refractivity contribution in [1.29, 1.82) is 0 Å². The molecule has 6 nitrogen and oxygen atoms in total. The van der Waals surface area contributed by atoms with Crippen LogP contribution in [0.1, 0.15) is 23.2 Å². The van der Waals surface area contributed by atoms with Gasteiger partial charge in [0.25, 0.3) is 5.91 Å². The predicted octanol–water partition coefficient (Wildman–Crippen LogP) is 0.903. The van der Waals surface area contributed by atoms with Gasteiger partial charge < -0.3 is 10.0 Å². The molecule has 1 saturated heterocycles. The van der Waals surface area contributed by atoms with Crippen molar-refractivity contribution in [2.24, 2.45) is 5.92 Å². The second kappa shape index (κ2) is 6.44. The molecule has 1 fully saturated rings. The lowest BCUT2D eigenvalue weighted by molar-refractivity contribution is 0.0651. The summed E-state index contributed by atoms with van der Waals surface area (Å²) in [6, 6.07) is 6.39. The Bertz CT molecular complexity index is 590. The summed E-state index contributed by atoms with van der Waals surface area (Å²) in [5.74, 6) is 0.229. The number of nitrogens with one attached hydrogen (secondary N) is 1. The highest BCUT2D eigenvalue weighted by atomic mass is 32.2. The molecule has 21 heavy (non-hydrogen) atoms. The summed E-state index contributed by atoms with van der Waals surface area (Å²) in [7, 11) is -3.31. The summed E-state index contributed by atoms with van der Waals surface area (Å²) in [4.78, 5) is 14.1. The van der Waals surface area contributed by atoms with Crippen molar-refractivity contribution in [2.45, 2.75) is 12.8 Å². The molecule has 116 valence electrons. The second-order valence-corrected chi connectivity index (χ2v) is 7.12. The van der Waals surface area contributed by atoms with E-state index in [1.54, 1.807) is 29.2 Å². The van der Waals surface area contributed by atoms with Gasteiger partial charge in [-0.1, -0.05) is 0 Å². The molecule has 2 N–H and O–H groups in total. The van der Waals surface area contributed by atoms with Crippen molar-refractivity contribution >= 4 is 21.6 Å². The summed E-state index contributed by atoms with van der Waals surface area (Å²) in [5, 5.41) is 9.10. The summed E-state index contributed by atoms with van der Waals surface area (Å²) in [6.45, 7) is 1.47. The highest BCUT2D eigenvalue weighted by Gasteiger charge is 2.23. The van der Waals surface area contributed by atoms with Crippen LogP contribution in [-0.4, -0.2) is 50.3 Å². The molecule has 0 bridgehead atoms. The van der Waals surface area contributed by atoms with E-state index in [2.05, 4.69) is 4.72 Å². The van der Waals surface area contributed by atoms with E-state index in [0.717, 1.165) is 19.1 Å². The van der Waals surface area contributed by atoms with Gasteiger partial charge in [-0.05, 0) is 43.0 Å². The molecule has 1 aliphatic rings. The lowest BCUT2D eigenvalue weighted by Gasteiger charge is -2.31. The molecule has 1 aromatic rings. The third-order valence-corrected chi connectivity index (χ3v) is 4.20. The Morgan fingerprint density at radius 3 is 2.33 bits per heavy atom. The lowest BCUT2D eigenvalue weighted by atomic mass is 9.97. The van der Waals surface area contributed by atoms with E-state index >= 15 is 0 Å². The standard InChI is InChI=1S/C14H20N2O4S/c1-21(19,20)15-13-4-2-12(3-5-13)14(18)16-8-6-11(10-17)7-9-16/h2-5,11,15,17H,6-10H2,1H3. The minimum atomic E-state index is -3.31. The first-order chi connectivity index (χ1) is 9.89. The molecule has 0 aromatic heterocycles. The molecule has 1 aliphatic heterocycles. The van der Waals surface area contributed by atoms with Gasteiger partial charge in [-0.2, -0.15) is 0 Å². The van der Waals surface area contributed by atoms with Gasteiger partial charge >= 0.3 is 0 Å². The van der Waals surface area contributed by atoms with Crippen molar-refractivity contribution in [3.05, 3.63) is 29.8 Å². The lowest BCUT2D eigenvalue weighted by Crippen LogP contribution is -2.39. The minimum Gasteiger partial charge on any atom is -0.396 e. The third kappa shape index (κ3) is 4.44. The van der Waals surface area contributed by atoms with Crippen LogP contribution in [0.4, 0.5) is 5.69 Å². The average molecular weight is 312 g/mol. The number of hydrogen-bond donors (Lipinski definition) is 2. The van der Waals surface area contributed by atoms with Crippen LogP contribution < -0.4 is 4.72 Å². The molecule has 1 amide bonds. The van der Waals surface area contributed by atoms with Crippen LogP contribution in [0.15, 0.2) is 24.3 Å². The topological polar surface area (TPSA) is 86.7 Å². The smallest absolute Gasteiger partial charge is 0.253 e. The van der Waals surface area contributed by atoms with E-state index in [1.807, 2.05) is 0 Å². The number of nitrogens with zero attached hydrogens (tertiary/aromatic N) is 1. The van der Waals surface area contributed by atoms with Gasteiger partial charge in [0, 0.05) is 30.9 Å². The number of carbonyl (C=O) groups is 1. The fourth-order valence-corrected chi connectivity index (χ4v) is 2.96. The van der Waals surface area contributed by atoms with Crippen LogP contribution in [0.5, 0.6) is 0 Å². The number of aliphatic hydroxyl groups is 1. The summed E-state index contributed by atoms with van der Waals surface area (Å²) in [6.07, 6.45) is 2.71. The van der Waals surface area contributed by atoms with E-state index in [4.69, 9.17) is 5.11 Å². The summed E-state index contributed by atoms with van der Waals surface area (Å²) in [5.41, 5.74) is 0.976. The Kier molecular flexibility index (Phi) is 4.84. The first kappa shape index (κ1) is 15.8. The van der Waals surface area contributed by atoms with E-state index in [-0.39, 0.29) is 18.4 Å². The molecule has 0 atom stereocenters. The van der Waals surface area contributed by atoms with Gasteiger partial charge in [0.15, 0.2) is 0 Å². The predicted molar refractivity (Wildman–Crippen MR) is 80.6 cm³/mol. The first-order valence-electron chi connectivity index (χ1n) is 6.87. The Labute approximate surface area is 124 Å². The fraction of sp³-hybridized carbons (Fsp3) is 0.500. The number of rotatable bonds is 4. The average Bonchev–Trinajstić information content (AvgIpc) is 2.46. The number of aliphatic hydroxyl groups excluding tert-OH is 1. The Morgan fingerprint density at radius 2 is 1.86 bits per heavy atom. The molecular weight excluding hydrogens is 292 g/mol. The molecule has 0 radical (unpaired) electrons. The van der Waals surface area contributed by atoms with E-state index < -0.39 is 10.0 Å². The number of carbonyl (C=O) groups excluding carboxylic acids is 1. The van der Waals surface area contributed by atoms with Gasteiger partial charge in [-0.3, -0.25) is 9.52 Å². The highest BCUT2D eigenvalue weighted by Crippen LogP contribution is 2.19. The monoisotopic (exact) mass is 312 g/mol. The normalized spacial score (nSPS) is 16.8. The molecule has 7 heteroatoms. The summed E-state index contributed by atoms with van der Waals surface area (Å²) < 4.78 is 24.6. The van der Waals surface area contributed by atoms with Crippen LogP contribution in [0.3, 0.4) is 0 Å². The zero-order valence-electron chi connectivity index (χ0n) is 11.9. The number of sulfonamides is 1. The number of anilines is 1. The molecule has 0 aliphatic carbocycles. The number of benzene rings is 1. The van der Waals surface area contributed by atoms with E-state index in [9.17, 15) is 13.2 Å². The van der Waals surface area contributed by atoms with Crippen molar-refractivity contribution in [3.8, 4) is 0 Å². The van der Waals surface area contributed by atoms with E-state index in [1.165, 1.54) is 0 Å². The summed E-state index contributed by atoms with van der Waals surface area (Å²) >= 11 is 0. The highest BCUT2D eigenvalue weighted by molar-refractivity contribution is 7.92. The van der Waals surface area contributed by atoms with E-state index in [0.29, 0.717) is 24.3 Å². The van der Waals surface area contributed by atoms with Crippen molar-refractivity contribution in [1.82, 2.24) is 4.90 Å². The van der Waals surface area contributed by atoms with Crippen LogP contribution in [0.2, 0.25) is 0 Å². The fourth-order valence-electron chi connectivity index (χ4n) is 2.40. The maximum absolute atomic E-state index is 12.3. The molecule has 0 unspecified atom stereocenters. The quantitative estimate of drug-likeness (QED) is 0.865. The second-order valence-electron chi connectivity index (χ2n) is 5.37. The van der Waals surface area contributed by atoms with Crippen LogP contribution in [-0.2, 0) is 10.0 Å². The largest absolute Gasteiger partial charge is 0.396 e. The van der Waals surface area contributed by atoms with Gasteiger partial charge in [0.2, 0.25) is 10.0 Å². The van der Waals surface area contributed by atoms with Gasteiger partial charge in [0.1, 0.15) is 0 Å². The minimum absolute atomic E-state index is 0.0581. The maximum Gasteiger partial charge on any atom is 0.253 e. The van der Waals surface area contributed by atoms with Gasteiger partial charge in [0.05, 0.1) is 6.26 Å². The molecule has 0 spiro atoms. The Morgan fingerprint density at radius 1 is 1.29 bits per heavy atom. The van der Waals surface area contributed by atoms with Gasteiger partial charge in [-0.25, -0.2) is 8.42 Å². The maximum atomic E-state index is 12.3. The number of piperidine rings is 1. The van der Waals surface area contributed by atoms with Crippen LogP contribution >= 0.6 is 0 Å². The third-order valence-electron chi connectivity index (χ3n) is 3.60.